The summed E-state index contributed by atoms with van der Waals surface area (Å²) in [6, 6.07) is 10.6. The molecule has 0 aliphatic heterocycles. The van der Waals surface area contributed by atoms with Gasteiger partial charge in [-0.1, -0.05) is 6.07 Å². The van der Waals surface area contributed by atoms with Gasteiger partial charge in [-0.25, -0.2) is 4.79 Å². The third kappa shape index (κ3) is 6.22. The molecule has 0 aromatic heterocycles. The predicted molar refractivity (Wildman–Crippen MR) is 101 cm³/mol. The maximum absolute atomic E-state index is 12.0. The second kappa shape index (κ2) is 9.47. The minimum Gasteiger partial charge on any atom is -0.497 e. The summed E-state index contributed by atoms with van der Waals surface area (Å²) in [5, 5.41) is 2.62. The summed E-state index contributed by atoms with van der Waals surface area (Å²) in [7, 11) is 3.02. The maximum atomic E-state index is 12.0. The largest absolute Gasteiger partial charge is 0.497 e. The Bertz CT molecular complexity index is 798. The van der Waals surface area contributed by atoms with E-state index in [4.69, 9.17) is 18.9 Å². The number of carbonyl (C=O) groups is 2. The summed E-state index contributed by atoms with van der Waals surface area (Å²) in [5.41, 5.74) is 2.52. The van der Waals surface area contributed by atoms with Gasteiger partial charge in [-0.15, -0.1) is 0 Å². The Kier molecular flexibility index (Phi) is 7.05. The molecule has 0 aliphatic carbocycles. The molecule has 0 atom stereocenters. The average Bonchev–Trinajstić information content (AvgIpc) is 2.64. The predicted octanol–water partition coefficient (Wildman–Crippen LogP) is 2.88. The van der Waals surface area contributed by atoms with E-state index in [0.29, 0.717) is 22.9 Å². The van der Waals surface area contributed by atoms with Gasteiger partial charge in [0, 0.05) is 6.07 Å². The summed E-state index contributed by atoms with van der Waals surface area (Å²) in [6.07, 6.45) is 0. The third-order valence-corrected chi connectivity index (χ3v) is 3.60. The van der Waals surface area contributed by atoms with Crippen molar-refractivity contribution < 1.29 is 28.5 Å². The van der Waals surface area contributed by atoms with Crippen LogP contribution < -0.4 is 19.5 Å². The highest BCUT2D eigenvalue weighted by Crippen LogP contribution is 2.28. The Hall–Kier alpha value is -3.22. The second-order valence-electron chi connectivity index (χ2n) is 5.89. The molecule has 0 spiro atoms. The van der Waals surface area contributed by atoms with Crippen molar-refractivity contribution in [3.8, 4) is 17.2 Å². The summed E-state index contributed by atoms with van der Waals surface area (Å²) < 4.78 is 20.6. The van der Waals surface area contributed by atoms with Crippen molar-refractivity contribution in [3.05, 3.63) is 47.5 Å². The molecule has 0 saturated carbocycles. The molecule has 0 heterocycles. The molecule has 7 nitrogen and oxygen atoms in total. The minimum atomic E-state index is -0.633. The number of rotatable bonds is 8. The smallest absolute Gasteiger partial charge is 0.344 e. The van der Waals surface area contributed by atoms with Gasteiger partial charge in [0.15, 0.2) is 13.2 Å². The normalized spacial score (nSPS) is 10.1. The number of benzene rings is 2. The molecule has 0 fully saturated rings. The molecule has 0 saturated heterocycles. The fraction of sp³-hybridized carbons (Fsp3) is 0.300. The maximum Gasteiger partial charge on any atom is 0.344 e. The van der Waals surface area contributed by atoms with Crippen LogP contribution in [-0.2, 0) is 14.3 Å². The summed E-state index contributed by atoms with van der Waals surface area (Å²) in [6.45, 7) is 3.18. The van der Waals surface area contributed by atoms with Crippen molar-refractivity contribution in [1.82, 2.24) is 0 Å². The standard InChI is InChI=1S/C20H23NO6/c1-13-7-14(2)9-16(8-13)26-12-20(23)27-11-19(22)21-17-6-5-15(24-3)10-18(17)25-4/h5-10H,11-12H2,1-4H3,(H,21,22). The van der Waals surface area contributed by atoms with Crippen molar-refractivity contribution in [2.45, 2.75) is 13.8 Å². The number of esters is 1. The SMILES string of the molecule is COc1ccc(NC(=O)COC(=O)COc2cc(C)cc(C)c2)c(OC)c1. The quantitative estimate of drug-likeness (QED) is 0.717. The Morgan fingerprint density at radius 1 is 0.889 bits per heavy atom. The van der Waals surface area contributed by atoms with Crippen LogP contribution in [0.2, 0.25) is 0 Å². The van der Waals surface area contributed by atoms with E-state index in [1.165, 1.54) is 14.2 Å². The molecule has 2 rings (SSSR count). The van der Waals surface area contributed by atoms with Crippen LogP contribution in [0.15, 0.2) is 36.4 Å². The molecule has 27 heavy (non-hydrogen) atoms. The second-order valence-corrected chi connectivity index (χ2v) is 5.89. The summed E-state index contributed by atoms with van der Waals surface area (Å²) in [4.78, 5) is 23.8. The number of aryl methyl sites for hydroxylation is 2. The van der Waals surface area contributed by atoms with Crippen LogP contribution in [0.4, 0.5) is 5.69 Å². The Labute approximate surface area is 158 Å². The number of anilines is 1. The topological polar surface area (TPSA) is 83.1 Å². The van der Waals surface area contributed by atoms with E-state index >= 15 is 0 Å². The van der Waals surface area contributed by atoms with E-state index in [9.17, 15) is 9.59 Å². The van der Waals surface area contributed by atoms with Crippen LogP contribution in [0.3, 0.4) is 0 Å². The van der Waals surface area contributed by atoms with Crippen molar-refractivity contribution in [1.29, 1.82) is 0 Å². The lowest BCUT2D eigenvalue weighted by atomic mass is 10.1. The van der Waals surface area contributed by atoms with Gasteiger partial charge in [0.1, 0.15) is 17.2 Å². The van der Waals surface area contributed by atoms with Gasteiger partial charge in [-0.2, -0.15) is 0 Å². The Balaban J connectivity index is 1.82. The molecule has 7 heteroatoms. The summed E-state index contributed by atoms with van der Waals surface area (Å²) in [5.74, 6) is 0.494. The Morgan fingerprint density at radius 3 is 2.22 bits per heavy atom. The highest BCUT2D eigenvalue weighted by atomic mass is 16.6. The monoisotopic (exact) mass is 373 g/mol. The lowest BCUT2D eigenvalue weighted by Gasteiger charge is -2.12. The van der Waals surface area contributed by atoms with Crippen molar-refractivity contribution in [2.75, 3.05) is 32.8 Å². The van der Waals surface area contributed by atoms with Gasteiger partial charge in [0.2, 0.25) is 0 Å². The molecular weight excluding hydrogens is 350 g/mol. The first-order valence-electron chi connectivity index (χ1n) is 8.30. The number of carbonyl (C=O) groups excluding carboxylic acids is 2. The van der Waals surface area contributed by atoms with E-state index < -0.39 is 18.5 Å². The molecule has 2 aromatic carbocycles. The van der Waals surface area contributed by atoms with Crippen LogP contribution in [-0.4, -0.2) is 39.3 Å². The molecule has 1 amide bonds. The van der Waals surface area contributed by atoms with E-state index in [1.807, 2.05) is 32.0 Å². The first-order valence-corrected chi connectivity index (χ1v) is 8.30. The highest BCUT2D eigenvalue weighted by Gasteiger charge is 2.12. The lowest BCUT2D eigenvalue weighted by molar-refractivity contribution is -0.149. The third-order valence-electron chi connectivity index (χ3n) is 3.60. The molecule has 2 aromatic rings. The number of nitrogens with one attached hydrogen (secondary N) is 1. The van der Waals surface area contributed by atoms with Crippen LogP contribution in [0, 0.1) is 13.8 Å². The molecule has 0 bridgehead atoms. The molecule has 0 unspecified atom stereocenters. The zero-order valence-corrected chi connectivity index (χ0v) is 15.8. The molecule has 144 valence electrons. The van der Waals surface area contributed by atoms with Crippen molar-refractivity contribution >= 4 is 17.6 Å². The van der Waals surface area contributed by atoms with Gasteiger partial charge >= 0.3 is 5.97 Å². The number of ether oxygens (including phenoxy) is 4. The van der Waals surface area contributed by atoms with Gasteiger partial charge < -0.3 is 24.3 Å². The average molecular weight is 373 g/mol. The van der Waals surface area contributed by atoms with Gasteiger partial charge in [-0.05, 0) is 49.2 Å². The first kappa shape index (κ1) is 20.1. The zero-order valence-electron chi connectivity index (χ0n) is 15.8. The molecule has 0 aliphatic rings. The zero-order chi connectivity index (χ0) is 19.8. The van der Waals surface area contributed by atoms with Gasteiger partial charge in [0.05, 0.1) is 19.9 Å². The van der Waals surface area contributed by atoms with E-state index in [1.54, 1.807) is 18.2 Å². The number of hydrogen-bond donors (Lipinski definition) is 1. The van der Waals surface area contributed by atoms with Crippen molar-refractivity contribution in [2.24, 2.45) is 0 Å². The van der Waals surface area contributed by atoms with Crippen molar-refractivity contribution in [3.63, 3.8) is 0 Å². The molecule has 1 N–H and O–H groups in total. The number of methoxy groups -OCH3 is 2. The first-order chi connectivity index (χ1) is 12.9. The molecular formula is C20H23NO6. The minimum absolute atomic E-state index is 0.276. The number of amides is 1. The molecule has 0 radical (unpaired) electrons. The van der Waals surface area contributed by atoms with Crippen LogP contribution in [0.25, 0.3) is 0 Å². The fourth-order valence-corrected chi connectivity index (χ4v) is 2.43. The van der Waals surface area contributed by atoms with E-state index in [-0.39, 0.29) is 6.61 Å². The fourth-order valence-electron chi connectivity index (χ4n) is 2.43. The number of hydrogen-bond acceptors (Lipinski definition) is 6. The van der Waals surface area contributed by atoms with Gasteiger partial charge in [0.25, 0.3) is 5.91 Å². The lowest BCUT2D eigenvalue weighted by Crippen LogP contribution is -2.23. The van der Waals surface area contributed by atoms with Crippen LogP contribution in [0.5, 0.6) is 17.2 Å². The van der Waals surface area contributed by atoms with E-state index in [0.717, 1.165) is 11.1 Å². The van der Waals surface area contributed by atoms with E-state index in [2.05, 4.69) is 5.32 Å². The summed E-state index contributed by atoms with van der Waals surface area (Å²) >= 11 is 0. The van der Waals surface area contributed by atoms with Crippen LogP contribution >= 0.6 is 0 Å². The Morgan fingerprint density at radius 2 is 1.59 bits per heavy atom. The van der Waals surface area contributed by atoms with Gasteiger partial charge in [-0.3, -0.25) is 4.79 Å². The van der Waals surface area contributed by atoms with Crippen LogP contribution in [0.1, 0.15) is 11.1 Å². The highest BCUT2D eigenvalue weighted by molar-refractivity contribution is 5.94.